The van der Waals surface area contributed by atoms with Crippen LogP contribution in [-0.4, -0.2) is 51.1 Å². The molecule has 0 bridgehead atoms. The highest BCUT2D eigenvalue weighted by atomic mass is 32.2. The average molecular weight is 383 g/mol. The number of benzene rings is 1. The molecule has 1 aliphatic heterocycles. The number of carbonyl (C=O) groups excluding carboxylic acids is 1. The fourth-order valence-corrected chi connectivity index (χ4v) is 4.02. The summed E-state index contributed by atoms with van der Waals surface area (Å²) in [6.07, 6.45) is 2.33. The summed E-state index contributed by atoms with van der Waals surface area (Å²) >= 11 is 0. The van der Waals surface area contributed by atoms with Gasteiger partial charge in [0.2, 0.25) is 15.9 Å². The van der Waals surface area contributed by atoms with Gasteiger partial charge in [-0.2, -0.15) is 0 Å². The van der Waals surface area contributed by atoms with Gasteiger partial charge in [-0.1, -0.05) is 39.0 Å². The van der Waals surface area contributed by atoms with Crippen LogP contribution in [0.2, 0.25) is 0 Å². The summed E-state index contributed by atoms with van der Waals surface area (Å²) in [5, 5.41) is 2.90. The minimum absolute atomic E-state index is 0.00652. The standard InChI is InChI=1S/C19H30N2O4S/c1-19(2,3)16-7-5-6-8-17(16)25-14-11-20-18(22)15-9-12-21(13-10-15)26(4,23)24/h5-8,15H,9-14H2,1-4H3,(H,20,22). The Bertz CT molecular complexity index is 717. The zero-order valence-corrected chi connectivity index (χ0v) is 16.9. The van der Waals surface area contributed by atoms with Gasteiger partial charge in [0.05, 0.1) is 12.8 Å². The number of piperidine rings is 1. The van der Waals surface area contributed by atoms with Gasteiger partial charge in [0.1, 0.15) is 12.4 Å². The van der Waals surface area contributed by atoms with Gasteiger partial charge in [-0.15, -0.1) is 0 Å². The molecule has 0 spiro atoms. The molecular weight excluding hydrogens is 352 g/mol. The lowest BCUT2D eigenvalue weighted by Gasteiger charge is -2.29. The predicted octanol–water partition coefficient (Wildman–Crippen LogP) is 2.15. The Morgan fingerprint density at radius 3 is 2.42 bits per heavy atom. The maximum absolute atomic E-state index is 12.3. The Morgan fingerprint density at radius 2 is 1.85 bits per heavy atom. The molecule has 1 amide bonds. The summed E-state index contributed by atoms with van der Waals surface area (Å²) in [4.78, 5) is 12.3. The van der Waals surface area contributed by atoms with Crippen molar-refractivity contribution < 1.29 is 17.9 Å². The second kappa shape index (κ2) is 8.39. The number of sulfonamides is 1. The van der Waals surface area contributed by atoms with E-state index in [1.807, 2.05) is 18.2 Å². The van der Waals surface area contributed by atoms with Crippen molar-refractivity contribution in [2.75, 3.05) is 32.5 Å². The average Bonchev–Trinajstić information content (AvgIpc) is 2.57. The minimum Gasteiger partial charge on any atom is -0.491 e. The van der Waals surface area contributed by atoms with Crippen LogP contribution in [0.15, 0.2) is 24.3 Å². The van der Waals surface area contributed by atoms with Crippen LogP contribution in [0.25, 0.3) is 0 Å². The van der Waals surface area contributed by atoms with Gasteiger partial charge in [-0.05, 0) is 29.9 Å². The summed E-state index contributed by atoms with van der Waals surface area (Å²) in [7, 11) is -3.16. The van der Waals surface area contributed by atoms with E-state index in [1.54, 1.807) is 0 Å². The lowest BCUT2D eigenvalue weighted by molar-refractivity contribution is -0.126. The van der Waals surface area contributed by atoms with Gasteiger partial charge >= 0.3 is 0 Å². The van der Waals surface area contributed by atoms with Crippen molar-refractivity contribution >= 4 is 15.9 Å². The van der Waals surface area contributed by atoms with Crippen LogP contribution in [0, 0.1) is 5.92 Å². The molecule has 1 fully saturated rings. The maximum Gasteiger partial charge on any atom is 0.223 e. The number of amides is 1. The summed E-state index contributed by atoms with van der Waals surface area (Å²) in [5.74, 6) is 0.691. The summed E-state index contributed by atoms with van der Waals surface area (Å²) in [6, 6.07) is 7.95. The molecule has 0 aromatic heterocycles. The quantitative estimate of drug-likeness (QED) is 0.765. The van der Waals surface area contributed by atoms with E-state index in [1.165, 1.54) is 10.6 Å². The highest BCUT2D eigenvalue weighted by Crippen LogP contribution is 2.30. The molecule has 0 radical (unpaired) electrons. The highest BCUT2D eigenvalue weighted by Gasteiger charge is 2.28. The first kappa shape index (κ1) is 20.7. The van der Waals surface area contributed by atoms with Gasteiger partial charge < -0.3 is 10.1 Å². The fourth-order valence-electron chi connectivity index (χ4n) is 3.14. The molecule has 26 heavy (non-hydrogen) atoms. The van der Waals surface area contributed by atoms with E-state index in [-0.39, 0.29) is 17.2 Å². The molecule has 0 unspecified atom stereocenters. The first-order valence-corrected chi connectivity index (χ1v) is 10.9. The van der Waals surface area contributed by atoms with Crippen LogP contribution in [0.1, 0.15) is 39.2 Å². The second-order valence-electron chi connectivity index (χ2n) is 7.82. The van der Waals surface area contributed by atoms with E-state index < -0.39 is 10.0 Å². The second-order valence-corrected chi connectivity index (χ2v) is 9.80. The number of ether oxygens (including phenoxy) is 1. The van der Waals surface area contributed by atoms with Gasteiger partial charge in [-0.3, -0.25) is 4.79 Å². The van der Waals surface area contributed by atoms with Crippen molar-refractivity contribution in [1.29, 1.82) is 0 Å². The molecule has 1 N–H and O–H groups in total. The molecule has 6 nitrogen and oxygen atoms in total. The Kier molecular flexibility index (Phi) is 6.69. The SMILES string of the molecule is CC(C)(C)c1ccccc1OCCNC(=O)C1CCN(S(C)(=O)=O)CC1. The van der Waals surface area contributed by atoms with Crippen molar-refractivity contribution in [3.05, 3.63) is 29.8 Å². The Balaban J connectivity index is 1.77. The van der Waals surface area contributed by atoms with Gasteiger partial charge in [0.25, 0.3) is 0 Å². The monoisotopic (exact) mass is 382 g/mol. The number of hydrogen-bond acceptors (Lipinski definition) is 4. The van der Waals surface area contributed by atoms with Gasteiger partial charge in [0.15, 0.2) is 0 Å². The van der Waals surface area contributed by atoms with Crippen LogP contribution in [0.4, 0.5) is 0 Å². The van der Waals surface area contributed by atoms with E-state index >= 15 is 0 Å². The summed E-state index contributed by atoms with van der Waals surface area (Å²) in [6.45, 7) is 8.07. The third kappa shape index (κ3) is 5.71. The molecular formula is C19H30N2O4S. The molecule has 1 aromatic carbocycles. The number of rotatable bonds is 6. The lowest BCUT2D eigenvalue weighted by Crippen LogP contribution is -2.43. The topological polar surface area (TPSA) is 75.7 Å². The van der Waals surface area contributed by atoms with E-state index in [2.05, 4.69) is 32.2 Å². The molecule has 0 atom stereocenters. The number of nitrogens with one attached hydrogen (secondary N) is 1. The first-order valence-electron chi connectivity index (χ1n) is 9.04. The third-order valence-electron chi connectivity index (χ3n) is 4.65. The zero-order valence-electron chi connectivity index (χ0n) is 16.1. The molecule has 1 heterocycles. The van der Waals surface area contributed by atoms with E-state index in [4.69, 9.17) is 4.74 Å². The number of nitrogens with zero attached hydrogens (tertiary/aromatic N) is 1. The van der Waals surface area contributed by atoms with Crippen LogP contribution < -0.4 is 10.1 Å². The Hall–Kier alpha value is -1.60. The molecule has 1 saturated heterocycles. The lowest BCUT2D eigenvalue weighted by atomic mass is 9.86. The van der Waals surface area contributed by atoms with E-state index in [0.29, 0.717) is 39.1 Å². The molecule has 1 aliphatic rings. The molecule has 7 heteroatoms. The number of para-hydroxylation sites is 1. The Labute approximate surface area is 157 Å². The van der Waals surface area contributed by atoms with Crippen LogP contribution in [-0.2, 0) is 20.2 Å². The highest BCUT2D eigenvalue weighted by molar-refractivity contribution is 7.88. The largest absolute Gasteiger partial charge is 0.491 e. The van der Waals surface area contributed by atoms with Crippen molar-refractivity contribution in [3.63, 3.8) is 0 Å². The van der Waals surface area contributed by atoms with E-state index in [9.17, 15) is 13.2 Å². The smallest absolute Gasteiger partial charge is 0.223 e. The van der Waals surface area contributed by atoms with Crippen LogP contribution >= 0.6 is 0 Å². The number of hydrogen-bond donors (Lipinski definition) is 1. The third-order valence-corrected chi connectivity index (χ3v) is 5.95. The molecule has 0 aliphatic carbocycles. The zero-order chi connectivity index (χ0) is 19.4. The first-order chi connectivity index (χ1) is 12.1. The summed E-state index contributed by atoms with van der Waals surface area (Å²) in [5.41, 5.74) is 1.13. The molecule has 146 valence electrons. The van der Waals surface area contributed by atoms with Crippen molar-refractivity contribution in [3.8, 4) is 5.75 Å². The Morgan fingerprint density at radius 1 is 1.23 bits per heavy atom. The molecule has 1 aromatic rings. The van der Waals surface area contributed by atoms with E-state index in [0.717, 1.165) is 11.3 Å². The van der Waals surface area contributed by atoms with Gasteiger partial charge in [-0.25, -0.2) is 12.7 Å². The number of carbonyl (C=O) groups is 1. The molecule has 2 rings (SSSR count). The summed E-state index contributed by atoms with van der Waals surface area (Å²) < 4.78 is 30.3. The van der Waals surface area contributed by atoms with Crippen molar-refractivity contribution in [2.45, 2.75) is 39.0 Å². The normalized spacial score (nSPS) is 17.1. The molecule has 0 saturated carbocycles. The minimum atomic E-state index is -3.16. The van der Waals surface area contributed by atoms with Gasteiger partial charge in [0, 0.05) is 19.0 Å². The van der Waals surface area contributed by atoms with Crippen molar-refractivity contribution in [2.24, 2.45) is 5.92 Å². The van der Waals surface area contributed by atoms with Crippen LogP contribution in [0.3, 0.4) is 0 Å². The van der Waals surface area contributed by atoms with Crippen molar-refractivity contribution in [1.82, 2.24) is 9.62 Å². The predicted molar refractivity (Wildman–Crippen MR) is 103 cm³/mol. The fraction of sp³-hybridized carbons (Fsp3) is 0.632. The van der Waals surface area contributed by atoms with Crippen LogP contribution in [0.5, 0.6) is 5.75 Å². The maximum atomic E-state index is 12.3.